The van der Waals surface area contributed by atoms with Crippen LogP contribution >= 0.6 is 0 Å². The van der Waals surface area contributed by atoms with E-state index >= 15 is 0 Å². The number of carbonyl (C=O) groups excluding carboxylic acids is 1. The number of anilines is 2. The summed E-state index contributed by atoms with van der Waals surface area (Å²) in [6, 6.07) is 8.27. The maximum absolute atomic E-state index is 12.3. The minimum absolute atomic E-state index is 0.273. The summed E-state index contributed by atoms with van der Waals surface area (Å²) in [6.07, 6.45) is 4.92. The first-order chi connectivity index (χ1) is 9.24. The third kappa shape index (κ3) is 2.53. The molecule has 19 heavy (non-hydrogen) atoms. The summed E-state index contributed by atoms with van der Waals surface area (Å²) in [5.74, 6) is 0.273. The topological polar surface area (TPSA) is 49.6 Å². The van der Waals surface area contributed by atoms with Crippen LogP contribution in [0.5, 0.6) is 0 Å². The second-order valence-corrected chi connectivity index (χ2v) is 5.54. The van der Waals surface area contributed by atoms with Gasteiger partial charge in [-0.15, -0.1) is 0 Å². The molecule has 2 aliphatic rings. The number of amides is 1. The molecule has 0 aromatic heterocycles. The SMILES string of the molecule is Nc1ccc(N2CCN(C3CCCC3)C(=O)C2)cc1. The van der Waals surface area contributed by atoms with Crippen LogP contribution in [0, 0.1) is 0 Å². The number of piperazine rings is 1. The van der Waals surface area contributed by atoms with Crippen LogP contribution in [0.2, 0.25) is 0 Å². The highest BCUT2D eigenvalue weighted by Gasteiger charge is 2.31. The van der Waals surface area contributed by atoms with Crippen LogP contribution in [0.15, 0.2) is 24.3 Å². The molecule has 2 fully saturated rings. The molecule has 4 nitrogen and oxygen atoms in total. The lowest BCUT2D eigenvalue weighted by Gasteiger charge is -2.38. The molecule has 1 amide bonds. The Morgan fingerprint density at radius 2 is 1.74 bits per heavy atom. The zero-order valence-electron chi connectivity index (χ0n) is 11.2. The van der Waals surface area contributed by atoms with E-state index in [1.807, 2.05) is 24.3 Å². The Balaban J connectivity index is 1.66. The summed E-state index contributed by atoms with van der Waals surface area (Å²) in [6.45, 7) is 2.28. The van der Waals surface area contributed by atoms with E-state index in [1.54, 1.807) is 0 Å². The largest absolute Gasteiger partial charge is 0.399 e. The molecule has 0 atom stereocenters. The van der Waals surface area contributed by atoms with Gasteiger partial charge in [0.25, 0.3) is 0 Å². The Labute approximate surface area is 114 Å². The summed E-state index contributed by atoms with van der Waals surface area (Å²) < 4.78 is 0. The molecule has 1 heterocycles. The molecule has 1 aliphatic heterocycles. The lowest BCUT2D eigenvalue weighted by Crippen LogP contribution is -2.53. The predicted molar refractivity (Wildman–Crippen MR) is 77.0 cm³/mol. The van der Waals surface area contributed by atoms with Crippen molar-refractivity contribution >= 4 is 17.3 Å². The number of hydrogen-bond donors (Lipinski definition) is 1. The molecule has 1 saturated heterocycles. The predicted octanol–water partition coefficient (Wildman–Crippen LogP) is 1.86. The van der Waals surface area contributed by atoms with Crippen molar-refractivity contribution in [1.29, 1.82) is 0 Å². The van der Waals surface area contributed by atoms with E-state index in [1.165, 1.54) is 25.7 Å². The van der Waals surface area contributed by atoms with E-state index in [4.69, 9.17) is 5.73 Å². The number of hydrogen-bond acceptors (Lipinski definition) is 3. The molecule has 1 aliphatic carbocycles. The first-order valence-corrected chi connectivity index (χ1v) is 7.14. The monoisotopic (exact) mass is 259 g/mol. The Bertz CT molecular complexity index is 451. The van der Waals surface area contributed by atoms with Gasteiger partial charge >= 0.3 is 0 Å². The van der Waals surface area contributed by atoms with Gasteiger partial charge in [-0.05, 0) is 37.1 Å². The molecule has 1 aromatic carbocycles. The van der Waals surface area contributed by atoms with Gasteiger partial charge in [0.15, 0.2) is 0 Å². The molecule has 0 unspecified atom stereocenters. The van der Waals surface area contributed by atoms with Crippen LogP contribution in [-0.4, -0.2) is 36.5 Å². The number of nitrogens with zero attached hydrogens (tertiary/aromatic N) is 2. The van der Waals surface area contributed by atoms with Crippen LogP contribution in [0.1, 0.15) is 25.7 Å². The molecule has 3 rings (SSSR count). The molecule has 2 N–H and O–H groups in total. The molecular formula is C15H21N3O. The van der Waals surface area contributed by atoms with Crippen molar-refractivity contribution in [3.8, 4) is 0 Å². The second-order valence-electron chi connectivity index (χ2n) is 5.54. The van der Waals surface area contributed by atoms with Gasteiger partial charge in [-0.25, -0.2) is 0 Å². The van der Waals surface area contributed by atoms with Crippen molar-refractivity contribution in [2.45, 2.75) is 31.7 Å². The highest BCUT2D eigenvalue weighted by atomic mass is 16.2. The Hall–Kier alpha value is -1.71. The normalized spacial score (nSPS) is 21.2. The molecule has 4 heteroatoms. The van der Waals surface area contributed by atoms with Crippen molar-refractivity contribution < 1.29 is 4.79 Å². The standard InChI is InChI=1S/C15H21N3O/c16-12-5-7-13(8-6-12)17-9-10-18(15(19)11-17)14-3-1-2-4-14/h5-8,14H,1-4,9-11,16H2. The average Bonchev–Trinajstić information content (AvgIpc) is 2.93. The fourth-order valence-corrected chi connectivity index (χ4v) is 3.19. The molecule has 1 saturated carbocycles. The summed E-state index contributed by atoms with van der Waals surface area (Å²) >= 11 is 0. The lowest BCUT2D eigenvalue weighted by atomic mass is 10.1. The average molecular weight is 259 g/mol. The lowest BCUT2D eigenvalue weighted by molar-refractivity contribution is -0.133. The van der Waals surface area contributed by atoms with E-state index in [-0.39, 0.29) is 5.91 Å². The molecule has 0 bridgehead atoms. The van der Waals surface area contributed by atoms with Gasteiger partial charge in [-0.3, -0.25) is 4.79 Å². The third-order valence-corrected chi connectivity index (χ3v) is 4.28. The molecule has 1 aromatic rings. The van der Waals surface area contributed by atoms with Gasteiger partial charge < -0.3 is 15.5 Å². The minimum Gasteiger partial charge on any atom is -0.399 e. The number of carbonyl (C=O) groups is 1. The molecule has 0 radical (unpaired) electrons. The maximum Gasteiger partial charge on any atom is 0.242 e. The highest BCUT2D eigenvalue weighted by Crippen LogP contribution is 2.26. The Morgan fingerprint density at radius 1 is 1.05 bits per heavy atom. The van der Waals surface area contributed by atoms with E-state index in [0.29, 0.717) is 12.6 Å². The smallest absolute Gasteiger partial charge is 0.242 e. The third-order valence-electron chi connectivity index (χ3n) is 4.28. The van der Waals surface area contributed by atoms with E-state index < -0.39 is 0 Å². The molecular weight excluding hydrogens is 238 g/mol. The number of nitrogen functional groups attached to an aromatic ring is 1. The van der Waals surface area contributed by atoms with Crippen molar-refractivity contribution in [3.05, 3.63) is 24.3 Å². The summed E-state index contributed by atoms with van der Waals surface area (Å²) in [5.41, 5.74) is 7.55. The Kier molecular flexibility index (Phi) is 3.32. The van der Waals surface area contributed by atoms with Gasteiger partial charge in [-0.1, -0.05) is 12.8 Å². The van der Waals surface area contributed by atoms with Crippen LogP contribution in [0.3, 0.4) is 0 Å². The van der Waals surface area contributed by atoms with Crippen molar-refractivity contribution in [3.63, 3.8) is 0 Å². The first kappa shape index (κ1) is 12.3. The number of benzene rings is 1. The molecule has 0 spiro atoms. The quantitative estimate of drug-likeness (QED) is 0.825. The zero-order valence-corrected chi connectivity index (χ0v) is 11.2. The van der Waals surface area contributed by atoms with Gasteiger partial charge in [0, 0.05) is 30.5 Å². The first-order valence-electron chi connectivity index (χ1n) is 7.14. The number of rotatable bonds is 2. The van der Waals surface area contributed by atoms with Crippen molar-refractivity contribution in [2.75, 3.05) is 30.3 Å². The molecule has 102 valence electrons. The van der Waals surface area contributed by atoms with E-state index in [0.717, 1.165) is 24.5 Å². The number of nitrogens with two attached hydrogens (primary N) is 1. The van der Waals surface area contributed by atoms with E-state index in [2.05, 4.69) is 9.80 Å². The fourth-order valence-electron chi connectivity index (χ4n) is 3.19. The summed E-state index contributed by atoms with van der Waals surface area (Å²) in [7, 11) is 0. The van der Waals surface area contributed by atoms with Gasteiger partial charge in [0.2, 0.25) is 5.91 Å². The summed E-state index contributed by atoms with van der Waals surface area (Å²) in [5, 5.41) is 0. The Morgan fingerprint density at radius 3 is 2.37 bits per heavy atom. The van der Waals surface area contributed by atoms with Crippen molar-refractivity contribution in [2.24, 2.45) is 0 Å². The van der Waals surface area contributed by atoms with Gasteiger partial charge in [0.05, 0.1) is 6.54 Å². The van der Waals surface area contributed by atoms with Crippen LogP contribution < -0.4 is 10.6 Å². The van der Waals surface area contributed by atoms with E-state index in [9.17, 15) is 4.79 Å². The fraction of sp³-hybridized carbons (Fsp3) is 0.533. The second kappa shape index (κ2) is 5.11. The highest BCUT2D eigenvalue weighted by molar-refractivity contribution is 5.83. The summed E-state index contributed by atoms with van der Waals surface area (Å²) in [4.78, 5) is 16.5. The zero-order chi connectivity index (χ0) is 13.2. The van der Waals surface area contributed by atoms with Crippen LogP contribution in [0.4, 0.5) is 11.4 Å². The van der Waals surface area contributed by atoms with Crippen molar-refractivity contribution in [1.82, 2.24) is 4.90 Å². The van der Waals surface area contributed by atoms with Crippen LogP contribution in [0.25, 0.3) is 0 Å². The van der Waals surface area contributed by atoms with Gasteiger partial charge in [0.1, 0.15) is 0 Å². The minimum atomic E-state index is 0.273. The maximum atomic E-state index is 12.3. The van der Waals surface area contributed by atoms with Crippen LogP contribution in [-0.2, 0) is 4.79 Å². The van der Waals surface area contributed by atoms with Gasteiger partial charge in [-0.2, -0.15) is 0 Å².